The molecule has 146 valence electrons. The number of rotatable bonds is 5. The van der Waals surface area contributed by atoms with E-state index in [0.717, 1.165) is 0 Å². The quantitative estimate of drug-likeness (QED) is 0.768. The van der Waals surface area contributed by atoms with E-state index in [2.05, 4.69) is 15.7 Å². The Morgan fingerprint density at radius 1 is 1.19 bits per heavy atom. The Balaban J connectivity index is 1.64. The summed E-state index contributed by atoms with van der Waals surface area (Å²) in [6.45, 7) is 0.926. The smallest absolute Gasteiger partial charge is 0.349 e. The van der Waals surface area contributed by atoms with Crippen LogP contribution < -0.4 is 10.6 Å². The minimum absolute atomic E-state index is 0.0134. The SMILES string of the molecule is O=C(NCC(N1CCNCC1)C(F)(F)F)c1ccn(-c2ccc(F)cc2)n1. The maximum Gasteiger partial charge on any atom is 0.405 e. The van der Waals surface area contributed by atoms with Crippen LogP contribution in [-0.2, 0) is 0 Å². The number of carbonyl (C=O) groups is 1. The molecule has 1 fully saturated rings. The molecule has 2 heterocycles. The molecular weight excluding hydrogens is 366 g/mol. The van der Waals surface area contributed by atoms with Crippen LogP contribution in [0.1, 0.15) is 10.5 Å². The normalized spacial score (nSPS) is 16.9. The average molecular weight is 385 g/mol. The summed E-state index contributed by atoms with van der Waals surface area (Å²) >= 11 is 0. The van der Waals surface area contributed by atoms with E-state index < -0.39 is 30.5 Å². The molecule has 1 aliphatic rings. The van der Waals surface area contributed by atoms with Crippen molar-refractivity contribution in [2.75, 3.05) is 32.7 Å². The second-order valence-corrected chi connectivity index (χ2v) is 6.18. The van der Waals surface area contributed by atoms with Crippen LogP contribution in [0.5, 0.6) is 0 Å². The molecule has 0 radical (unpaired) electrons. The largest absolute Gasteiger partial charge is 0.405 e. The van der Waals surface area contributed by atoms with Gasteiger partial charge in [0.05, 0.1) is 5.69 Å². The molecular formula is C17H19F4N5O. The summed E-state index contributed by atoms with van der Waals surface area (Å²) in [5.74, 6) is -1.10. The zero-order valence-corrected chi connectivity index (χ0v) is 14.3. The molecule has 1 aliphatic heterocycles. The van der Waals surface area contributed by atoms with Gasteiger partial charge in [-0.2, -0.15) is 18.3 Å². The molecule has 1 amide bonds. The number of benzene rings is 1. The molecule has 0 bridgehead atoms. The number of aromatic nitrogens is 2. The van der Waals surface area contributed by atoms with Gasteiger partial charge < -0.3 is 10.6 Å². The Bertz CT molecular complexity index is 768. The van der Waals surface area contributed by atoms with Gasteiger partial charge in [0.25, 0.3) is 5.91 Å². The summed E-state index contributed by atoms with van der Waals surface area (Å²) in [5.41, 5.74) is 0.519. The van der Waals surface area contributed by atoms with E-state index in [4.69, 9.17) is 0 Å². The van der Waals surface area contributed by atoms with Crippen LogP contribution in [0.25, 0.3) is 5.69 Å². The maximum absolute atomic E-state index is 13.4. The average Bonchev–Trinajstić information content (AvgIpc) is 3.12. The molecule has 10 heteroatoms. The van der Waals surface area contributed by atoms with Crippen molar-refractivity contribution >= 4 is 5.91 Å². The van der Waals surface area contributed by atoms with Crippen LogP contribution in [0, 0.1) is 5.82 Å². The van der Waals surface area contributed by atoms with Crippen LogP contribution in [0.4, 0.5) is 17.6 Å². The number of halogens is 4. The Kier molecular flexibility index (Phi) is 5.76. The Morgan fingerprint density at radius 2 is 1.85 bits per heavy atom. The number of hydrogen-bond donors (Lipinski definition) is 2. The summed E-state index contributed by atoms with van der Waals surface area (Å²) in [5, 5.41) is 9.36. The number of alkyl halides is 3. The molecule has 0 spiro atoms. The van der Waals surface area contributed by atoms with E-state index in [0.29, 0.717) is 18.8 Å². The second kappa shape index (κ2) is 8.05. The predicted molar refractivity (Wildman–Crippen MR) is 90.1 cm³/mol. The lowest BCUT2D eigenvalue weighted by Gasteiger charge is -2.35. The van der Waals surface area contributed by atoms with Crippen LogP contribution in [0.15, 0.2) is 36.5 Å². The molecule has 0 saturated carbocycles. The van der Waals surface area contributed by atoms with Gasteiger partial charge in [-0.05, 0) is 30.3 Å². The standard InChI is InChI=1S/C17H19F4N5O/c18-12-1-3-13(4-2-12)26-8-5-14(24-26)16(27)23-11-15(17(19,20)21)25-9-6-22-7-10-25/h1-5,8,15,22H,6-7,9-11H2,(H,23,27). The summed E-state index contributed by atoms with van der Waals surface area (Å²) in [6.07, 6.45) is -2.96. The van der Waals surface area contributed by atoms with Crippen LogP contribution in [0.3, 0.4) is 0 Å². The van der Waals surface area contributed by atoms with Crippen LogP contribution in [-0.4, -0.2) is 65.5 Å². The molecule has 2 N–H and O–H groups in total. The van der Waals surface area contributed by atoms with Gasteiger partial charge >= 0.3 is 6.18 Å². The van der Waals surface area contributed by atoms with Crippen LogP contribution in [0.2, 0.25) is 0 Å². The topological polar surface area (TPSA) is 62.2 Å². The molecule has 1 saturated heterocycles. The van der Waals surface area contributed by atoms with Crippen molar-refractivity contribution in [2.24, 2.45) is 0 Å². The van der Waals surface area contributed by atoms with Crippen molar-refractivity contribution in [1.29, 1.82) is 0 Å². The van der Waals surface area contributed by atoms with Crippen molar-refractivity contribution in [1.82, 2.24) is 25.3 Å². The van der Waals surface area contributed by atoms with Gasteiger partial charge in [0.2, 0.25) is 0 Å². The summed E-state index contributed by atoms with van der Waals surface area (Å²) in [4.78, 5) is 13.5. The van der Waals surface area contributed by atoms with Gasteiger partial charge in [0.1, 0.15) is 11.9 Å². The summed E-state index contributed by atoms with van der Waals surface area (Å²) in [7, 11) is 0. The highest BCUT2D eigenvalue weighted by Crippen LogP contribution is 2.24. The fourth-order valence-electron chi connectivity index (χ4n) is 2.91. The Morgan fingerprint density at radius 3 is 2.48 bits per heavy atom. The van der Waals surface area contributed by atoms with E-state index in [1.165, 1.54) is 46.1 Å². The molecule has 1 aromatic carbocycles. The number of piperazine rings is 1. The van der Waals surface area contributed by atoms with Gasteiger partial charge in [0, 0.05) is 38.9 Å². The lowest BCUT2D eigenvalue weighted by atomic mass is 10.2. The molecule has 27 heavy (non-hydrogen) atoms. The number of nitrogens with one attached hydrogen (secondary N) is 2. The summed E-state index contributed by atoms with van der Waals surface area (Å²) < 4.78 is 54.4. The molecule has 0 aliphatic carbocycles. The maximum atomic E-state index is 13.4. The van der Waals surface area contributed by atoms with Gasteiger partial charge in [0.15, 0.2) is 5.69 Å². The van der Waals surface area contributed by atoms with Crippen molar-refractivity contribution in [3.05, 3.63) is 48.0 Å². The first kappa shape index (κ1) is 19.3. The third-order valence-corrected chi connectivity index (χ3v) is 4.34. The highest BCUT2D eigenvalue weighted by atomic mass is 19.4. The van der Waals surface area contributed by atoms with Crippen molar-refractivity contribution < 1.29 is 22.4 Å². The predicted octanol–water partition coefficient (Wildman–Crippen LogP) is 1.58. The number of hydrogen-bond acceptors (Lipinski definition) is 4. The third-order valence-electron chi connectivity index (χ3n) is 4.34. The van der Waals surface area contributed by atoms with Crippen molar-refractivity contribution in [2.45, 2.75) is 12.2 Å². The van der Waals surface area contributed by atoms with E-state index >= 15 is 0 Å². The van der Waals surface area contributed by atoms with Crippen molar-refractivity contribution in [3.8, 4) is 5.69 Å². The van der Waals surface area contributed by atoms with E-state index in [1.807, 2.05) is 0 Å². The number of carbonyl (C=O) groups excluding carboxylic acids is 1. The van der Waals surface area contributed by atoms with E-state index in [1.54, 1.807) is 0 Å². The van der Waals surface area contributed by atoms with Gasteiger partial charge in [-0.15, -0.1) is 0 Å². The zero-order chi connectivity index (χ0) is 19.4. The van der Waals surface area contributed by atoms with E-state index in [9.17, 15) is 22.4 Å². The first-order valence-corrected chi connectivity index (χ1v) is 8.46. The molecule has 3 rings (SSSR count). The highest BCUT2D eigenvalue weighted by molar-refractivity contribution is 5.92. The zero-order valence-electron chi connectivity index (χ0n) is 14.3. The highest BCUT2D eigenvalue weighted by Gasteiger charge is 2.43. The fourth-order valence-corrected chi connectivity index (χ4v) is 2.91. The minimum Gasteiger partial charge on any atom is -0.349 e. The Labute approximate surface area is 153 Å². The van der Waals surface area contributed by atoms with Gasteiger partial charge in [-0.1, -0.05) is 0 Å². The summed E-state index contributed by atoms with van der Waals surface area (Å²) in [6, 6.07) is 5.10. The van der Waals surface area contributed by atoms with E-state index in [-0.39, 0.29) is 18.8 Å². The third kappa shape index (κ3) is 4.83. The molecule has 1 aromatic heterocycles. The first-order valence-electron chi connectivity index (χ1n) is 8.46. The van der Waals surface area contributed by atoms with Gasteiger partial charge in [-0.3, -0.25) is 9.69 Å². The molecule has 1 atom stereocenters. The monoisotopic (exact) mass is 385 g/mol. The number of amides is 1. The lowest BCUT2D eigenvalue weighted by Crippen LogP contribution is -2.57. The fraction of sp³-hybridized carbons (Fsp3) is 0.412. The minimum atomic E-state index is -4.45. The molecule has 2 aromatic rings. The first-order chi connectivity index (χ1) is 12.8. The molecule has 6 nitrogen and oxygen atoms in total. The Hall–Kier alpha value is -2.46. The second-order valence-electron chi connectivity index (χ2n) is 6.18. The lowest BCUT2D eigenvalue weighted by molar-refractivity contribution is -0.183. The van der Waals surface area contributed by atoms with Crippen LogP contribution >= 0.6 is 0 Å². The van der Waals surface area contributed by atoms with Gasteiger partial charge in [-0.25, -0.2) is 9.07 Å². The number of nitrogens with zero attached hydrogens (tertiary/aromatic N) is 3. The van der Waals surface area contributed by atoms with Crippen molar-refractivity contribution in [3.63, 3.8) is 0 Å². The molecule has 1 unspecified atom stereocenters.